The predicted molar refractivity (Wildman–Crippen MR) is 121 cm³/mol. The molecule has 1 aromatic heterocycles. The standard InChI is InChI=1S/C25H29N5O3/c31-22-7-5-20(23(32)28-22)30-15-17-12-16(2-4-19(17)24(30)33)13-26-14-18-3-6-21-25(8-1-9-25)27-10-11-29(18)21/h2-4,6,12,20,26-27H,1,5,7-11,13-15H2,(H,28,31,32). The average Bonchev–Trinajstić information content (AvgIpc) is 3.34. The largest absolute Gasteiger partial charge is 0.344 e. The number of carbonyl (C=O) groups is 3. The Kier molecular flexibility index (Phi) is 4.88. The van der Waals surface area contributed by atoms with Crippen molar-refractivity contribution in [2.24, 2.45) is 0 Å². The van der Waals surface area contributed by atoms with Crippen LogP contribution >= 0.6 is 0 Å². The number of hydrogen-bond donors (Lipinski definition) is 3. The Morgan fingerprint density at radius 2 is 1.97 bits per heavy atom. The summed E-state index contributed by atoms with van der Waals surface area (Å²) < 4.78 is 2.47. The van der Waals surface area contributed by atoms with Crippen LogP contribution in [0.2, 0.25) is 0 Å². The zero-order chi connectivity index (χ0) is 22.6. The minimum atomic E-state index is -0.571. The fourth-order valence-corrected chi connectivity index (χ4v) is 5.88. The van der Waals surface area contributed by atoms with Crippen LogP contribution in [0.3, 0.4) is 0 Å². The second kappa shape index (κ2) is 7.81. The lowest BCUT2D eigenvalue weighted by Gasteiger charge is -2.46. The summed E-state index contributed by atoms with van der Waals surface area (Å²) in [4.78, 5) is 38.1. The Hall–Kier alpha value is -2.97. The van der Waals surface area contributed by atoms with Crippen molar-refractivity contribution < 1.29 is 14.4 Å². The van der Waals surface area contributed by atoms with Crippen LogP contribution in [0.25, 0.3) is 0 Å². The molecule has 6 rings (SSSR count). The number of nitrogens with one attached hydrogen (secondary N) is 3. The zero-order valence-electron chi connectivity index (χ0n) is 18.7. The zero-order valence-corrected chi connectivity index (χ0v) is 18.7. The van der Waals surface area contributed by atoms with Crippen LogP contribution in [-0.2, 0) is 41.3 Å². The van der Waals surface area contributed by atoms with Crippen molar-refractivity contribution in [1.82, 2.24) is 25.4 Å². The average molecular weight is 448 g/mol. The highest BCUT2D eigenvalue weighted by molar-refractivity contribution is 6.05. The molecule has 3 amide bonds. The molecule has 172 valence electrons. The van der Waals surface area contributed by atoms with Crippen LogP contribution in [0, 0.1) is 0 Å². The van der Waals surface area contributed by atoms with Crippen LogP contribution < -0.4 is 16.0 Å². The maximum atomic E-state index is 12.9. The maximum Gasteiger partial charge on any atom is 0.255 e. The molecule has 1 saturated heterocycles. The van der Waals surface area contributed by atoms with E-state index in [0.29, 0.717) is 25.1 Å². The van der Waals surface area contributed by atoms with Crippen LogP contribution in [0.1, 0.15) is 65.0 Å². The van der Waals surface area contributed by atoms with Crippen LogP contribution in [0.5, 0.6) is 0 Å². The summed E-state index contributed by atoms with van der Waals surface area (Å²) in [6.07, 6.45) is 4.41. The highest BCUT2D eigenvalue weighted by Crippen LogP contribution is 2.43. The number of hydrogen-bond acceptors (Lipinski definition) is 5. The molecular formula is C25H29N5O3. The first-order chi connectivity index (χ1) is 16.0. The molecule has 2 fully saturated rings. The van der Waals surface area contributed by atoms with Crippen LogP contribution in [0.4, 0.5) is 0 Å². The Morgan fingerprint density at radius 3 is 2.76 bits per heavy atom. The lowest BCUT2D eigenvalue weighted by Crippen LogP contribution is -2.53. The number of rotatable bonds is 5. The predicted octanol–water partition coefficient (Wildman–Crippen LogP) is 1.52. The van der Waals surface area contributed by atoms with Gasteiger partial charge in [0.05, 0.1) is 5.54 Å². The highest BCUT2D eigenvalue weighted by Gasteiger charge is 2.42. The number of imide groups is 1. The third-order valence-corrected chi connectivity index (χ3v) is 7.79. The number of nitrogens with zero attached hydrogens (tertiary/aromatic N) is 2. The first-order valence-electron chi connectivity index (χ1n) is 12.0. The summed E-state index contributed by atoms with van der Waals surface area (Å²) in [6.45, 7) is 3.96. The van der Waals surface area contributed by atoms with Gasteiger partial charge in [-0.3, -0.25) is 19.7 Å². The Labute approximate surface area is 192 Å². The lowest BCUT2D eigenvalue weighted by molar-refractivity contribution is -0.136. The molecule has 3 N–H and O–H groups in total. The van der Waals surface area contributed by atoms with Crippen molar-refractivity contribution in [3.05, 3.63) is 58.4 Å². The quantitative estimate of drug-likeness (QED) is 0.604. The van der Waals surface area contributed by atoms with Gasteiger partial charge in [-0.15, -0.1) is 0 Å². The molecule has 0 bridgehead atoms. The minimum Gasteiger partial charge on any atom is -0.344 e. The minimum absolute atomic E-state index is 0.127. The van der Waals surface area contributed by atoms with E-state index in [1.54, 1.807) is 4.90 Å². The maximum absolute atomic E-state index is 12.9. The normalized spacial score (nSPS) is 23.3. The van der Waals surface area contributed by atoms with E-state index in [1.807, 2.05) is 12.1 Å². The van der Waals surface area contributed by atoms with Gasteiger partial charge in [0, 0.05) is 56.1 Å². The van der Waals surface area contributed by atoms with Gasteiger partial charge in [0.15, 0.2) is 0 Å². The molecule has 4 aliphatic rings. The third kappa shape index (κ3) is 3.40. The number of carbonyl (C=O) groups excluding carboxylic acids is 3. The summed E-state index contributed by atoms with van der Waals surface area (Å²) in [5.74, 6) is -0.766. The van der Waals surface area contributed by atoms with E-state index in [0.717, 1.165) is 30.8 Å². The Morgan fingerprint density at radius 1 is 1.09 bits per heavy atom. The SMILES string of the molecule is O=C1CCC(N2Cc3cc(CNCc4ccc5n4CCNC54CCC4)ccc3C2=O)C(=O)N1. The number of aromatic nitrogens is 1. The molecule has 4 heterocycles. The third-order valence-electron chi connectivity index (χ3n) is 7.79. The molecular weight excluding hydrogens is 418 g/mol. The van der Waals surface area contributed by atoms with Crippen molar-refractivity contribution in [1.29, 1.82) is 0 Å². The van der Waals surface area contributed by atoms with Crippen LogP contribution in [-0.4, -0.2) is 39.8 Å². The summed E-state index contributed by atoms with van der Waals surface area (Å²) in [5, 5.41) is 9.65. The molecule has 0 radical (unpaired) electrons. The van der Waals surface area contributed by atoms with Gasteiger partial charge >= 0.3 is 0 Å². The van der Waals surface area contributed by atoms with E-state index in [-0.39, 0.29) is 29.7 Å². The van der Waals surface area contributed by atoms with Crippen LogP contribution in [0.15, 0.2) is 30.3 Å². The molecule has 1 unspecified atom stereocenters. The van der Waals surface area contributed by atoms with E-state index in [1.165, 1.54) is 30.7 Å². The number of fused-ring (bicyclic) bond motifs is 3. The van der Waals surface area contributed by atoms with Crippen molar-refractivity contribution in [3.8, 4) is 0 Å². The first kappa shape index (κ1) is 20.6. The molecule has 1 spiro atoms. The second-order valence-electron chi connectivity index (χ2n) is 9.72. The molecule has 3 aliphatic heterocycles. The fourth-order valence-electron chi connectivity index (χ4n) is 5.88. The molecule has 1 atom stereocenters. The van der Waals surface area contributed by atoms with E-state index < -0.39 is 6.04 Å². The topological polar surface area (TPSA) is 95.5 Å². The summed E-state index contributed by atoms with van der Waals surface area (Å²) in [7, 11) is 0. The van der Waals surface area contributed by atoms with Gasteiger partial charge in [0.1, 0.15) is 6.04 Å². The van der Waals surface area contributed by atoms with Gasteiger partial charge in [-0.25, -0.2) is 0 Å². The monoisotopic (exact) mass is 447 g/mol. The molecule has 2 aromatic rings. The van der Waals surface area contributed by atoms with E-state index in [4.69, 9.17) is 0 Å². The number of amides is 3. The molecule has 1 aromatic carbocycles. The smallest absolute Gasteiger partial charge is 0.255 e. The fraction of sp³-hybridized carbons (Fsp3) is 0.480. The van der Waals surface area contributed by atoms with Gasteiger partial charge in [0.25, 0.3) is 5.91 Å². The highest BCUT2D eigenvalue weighted by atomic mass is 16.2. The molecule has 33 heavy (non-hydrogen) atoms. The lowest BCUT2D eigenvalue weighted by atomic mass is 9.73. The van der Waals surface area contributed by atoms with Gasteiger partial charge in [-0.1, -0.05) is 12.1 Å². The summed E-state index contributed by atoms with van der Waals surface area (Å²) >= 11 is 0. The van der Waals surface area contributed by atoms with E-state index in [2.05, 4.69) is 38.7 Å². The summed E-state index contributed by atoms with van der Waals surface area (Å²) in [6, 6.07) is 9.87. The van der Waals surface area contributed by atoms with E-state index in [9.17, 15) is 14.4 Å². The van der Waals surface area contributed by atoms with Crippen molar-refractivity contribution >= 4 is 17.7 Å². The molecule has 8 heteroatoms. The Bertz CT molecular complexity index is 1150. The molecule has 8 nitrogen and oxygen atoms in total. The summed E-state index contributed by atoms with van der Waals surface area (Å²) in [5.41, 5.74) is 5.68. The Balaban J connectivity index is 1.10. The number of benzene rings is 1. The molecule has 1 saturated carbocycles. The van der Waals surface area contributed by atoms with Gasteiger partial charge in [-0.05, 0) is 55.0 Å². The van der Waals surface area contributed by atoms with Gasteiger partial charge < -0.3 is 20.1 Å². The van der Waals surface area contributed by atoms with Crippen molar-refractivity contribution in [2.75, 3.05) is 6.54 Å². The van der Waals surface area contributed by atoms with Gasteiger partial charge in [0.2, 0.25) is 11.8 Å². The second-order valence-corrected chi connectivity index (χ2v) is 9.72. The number of piperidine rings is 1. The molecule has 1 aliphatic carbocycles. The van der Waals surface area contributed by atoms with Crippen molar-refractivity contribution in [3.63, 3.8) is 0 Å². The van der Waals surface area contributed by atoms with Crippen molar-refractivity contribution in [2.45, 2.75) is 69.9 Å². The van der Waals surface area contributed by atoms with E-state index >= 15 is 0 Å². The van der Waals surface area contributed by atoms with Gasteiger partial charge in [-0.2, -0.15) is 0 Å². The first-order valence-corrected chi connectivity index (χ1v) is 12.0.